The van der Waals surface area contributed by atoms with Crippen LogP contribution in [0.5, 0.6) is 0 Å². The number of rotatable bonds is 3. The lowest BCUT2D eigenvalue weighted by Gasteiger charge is -2.17. The van der Waals surface area contributed by atoms with Crippen LogP contribution in [0.4, 0.5) is 5.69 Å². The highest BCUT2D eigenvalue weighted by molar-refractivity contribution is 5.41. The van der Waals surface area contributed by atoms with Crippen molar-refractivity contribution in [1.29, 1.82) is 0 Å². The van der Waals surface area contributed by atoms with Crippen molar-refractivity contribution in [3.8, 4) is 0 Å². The van der Waals surface area contributed by atoms with Gasteiger partial charge in [-0.05, 0) is 19.4 Å². The number of nitrogens with zero attached hydrogens (tertiary/aromatic N) is 2. The van der Waals surface area contributed by atoms with Crippen molar-refractivity contribution in [3.05, 3.63) is 39.9 Å². The summed E-state index contributed by atoms with van der Waals surface area (Å²) >= 11 is 0. The summed E-state index contributed by atoms with van der Waals surface area (Å²) in [6.45, 7) is 3.38. The SMILES string of the molecule is CC(C)(N=C=O)c1cccc([N+](=O)[O-])c1. The van der Waals surface area contributed by atoms with Gasteiger partial charge in [0.15, 0.2) is 0 Å². The number of nitro groups is 1. The number of nitro benzene ring substituents is 1. The first-order valence-corrected chi connectivity index (χ1v) is 4.31. The zero-order chi connectivity index (χ0) is 11.5. The lowest BCUT2D eigenvalue weighted by molar-refractivity contribution is -0.385. The van der Waals surface area contributed by atoms with Crippen LogP contribution in [0.15, 0.2) is 29.3 Å². The second kappa shape index (κ2) is 4.02. The standard InChI is InChI=1S/C10H10N2O3/c1-10(2,11-7-13)8-4-3-5-9(6-8)12(14)15/h3-6H,1-2H3. The van der Waals surface area contributed by atoms with E-state index in [1.54, 1.807) is 26.0 Å². The fraction of sp³-hybridized carbons (Fsp3) is 0.300. The van der Waals surface area contributed by atoms with Crippen molar-refractivity contribution in [3.63, 3.8) is 0 Å². The molecule has 0 aliphatic carbocycles. The summed E-state index contributed by atoms with van der Waals surface area (Å²) < 4.78 is 0. The molecule has 0 heterocycles. The van der Waals surface area contributed by atoms with Crippen molar-refractivity contribution in [1.82, 2.24) is 0 Å². The lowest BCUT2D eigenvalue weighted by atomic mass is 9.95. The fourth-order valence-corrected chi connectivity index (χ4v) is 1.18. The van der Waals surface area contributed by atoms with Gasteiger partial charge in [0.25, 0.3) is 5.69 Å². The van der Waals surface area contributed by atoms with Crippen molar-refractivity contribution < 1.29 is 9.72 Å². The van der Waals surface area contributed by atoms with Crippen LogP contribution in [-0.2, 0) is 10.3 Å². The molecule has 5 nitrogen and oxygen atoms in total. The van der Waals surface area contributed by atoms with E-state index < -0.39 is 10.5 Å². The van der Waals surface area contributed by atoms with E-state index in [-0.39, 0.29) is 5.69 Å². The molecule has 0 aromatic heterocycles. The molecular formula is C10H10N2O3. The number of aliphatic imine (C=N–C) groups is 1. The molecular weight excluding hydrogens is 196 g/mol. The maximum Gasteiger partial charge on any atom is 0.269 e. The number of carbonyl (C=O) groups excluding carboxylic acids is 1. The number of hydrogen-bond donors (Lipinski definition) is 0. The Bertz CT molecular complexity index is 434. The molecule has 0 saturated carbocycles. The van der Waals surface area contributed by atoms with Gasteiger partial charge in [0.2, 0.25) is 6.08 Å². The molecule has 78 valence electrons. The monoisotopic (exact) mass is 206 g/mol. The quantitative estimate of drug-likeness (QED) is 0.329. The second-order valence-corrected chi connectivity index (χ2v) is 3.57. The molecule has 5 heteroatoms. The molecule has 0 aliphatic rings. The van der Waals surface area contributed by atoms with Crippen LogP contribution in [0.2, 0.25) is 0 Å². The van der Waals surface area contributed by atoms with Crippen molar-refractivity contribution in [2.75, 3.05) is 0 Å². The highest BCUT2D eigenvalue weighted by Gasteiger charge is 2.21. The average Bonchev–Trinajstić information content (AvgIpc) is 2.18. The van der Waals surface area contributed by atoms with Crippen molar-refractivity contribution in [2.45, 2.75) is 19.4 Å². The van der Waals surface area contributed by atoms with Crippen LogP contribution in [0.3, 0.4) is 0 Å². The number of isocyanates is 1. The maximum atomic E-state index is 10.5. The molecule has 0 saturated heterocycles. The zero-order valence-electron chi connectivity index (χ0n) is 8.43. The van der Waals surface area contributed by atoms with Gasteiger partial charge in [-0.25, -0.2) is 4.79 Å². The molecule has 1 rings (SSSR count). The van der Waals surface area contributed by atoms with Gasteiger partial charge in [-0.3, -0.25) is 10.1 Å². The first-order valence-electron chi connectivity index (χ1n) is 4.31. The molecule has 1 aromatic rings. The summed E-state index contributed by atoms with van der Waals surface area (Å²) in [6, 6.07) is 6.05. The van der Waals surface area contributed by atoms with Crippen LogP contribution >= 0.6 is 0 Å². The van der Waals surface area contributed by atoms with E-state index in [0.29, 0.717) is 5.56 Å². The Labute approximate surface area is 86.6 Å². The van der Waals surface area contributed by atoms with E-state index in [2.05, 4.69) is 4.99 Å². The highest BCUT2D eigenvalue weighted by atomic mass is 16.6. The molecule has 1 aromatic carbocycles. The van der Waals surface area contributed by atoms with Crippen LogP contribution in [0.1, 0.15) is 19.4 Å². The largest absolute Gasteiger partial charge is 0.269 e. The highest BCUT2D eigenvalue weighted by Crippen LogP contribution is 2.26. The Kier molecular flexibility index (Phi) is 2.97. The summed E-state index contributed by atoms with van der Waals surface area (Å²) in [5.74, 6) is 0. The van der Waals surface area contributed by atoms with Crippen LogP contribution in [0, 0.1) is 10.1 Å². The van der Waals surface area contributed by atoms with E-state index in [0.717, 1.165) is 0 Å². The minimum absolute atomic E-state index is 0.0123. The van der Waals surface area contributed by atoms with Crippen LogP contribution in [0.25, 0.3) is 0 Å². The number of benzene rings is 1. The lowest BCUT2D eigenvalue weighted by Crippen LogP contribution is -2.13. The summed E-state index contributed by atoms with van der Waals surface area (Å²) in [4.78, 5) is 23.8. The van der Waals surface area contributed by atoms with Crippen molar-refractivity contribution >= 4 is 11.8 Å². The Morgan fingerprint density at radius 1 is 1.47 bits per heavy atom. The maximum absolute atomic E-state index is 10.5. The molecule has 0 radical (unpaired) electrons. The van der Waals surface area contributed by atoms with Gasteiger partial charge in [-0.1, -0.05) is 12.1 Å². The van der Waals surface area contributed by atoms with Gasteiger partial charge in [0.05, 0.1) is 10.5 Å². The summed E-state index contributed by atoms with van der Waals surface area (Å²) in [6.07, 6.45) is 1.46. The minimum atomic E-state index is -0.784. The van der Waals surface area contributed by atoms with Crippen LogP contribution < -0.4 is 0 Å². The third-order valence-electron chi connectivity index (χ3n) is 2.09. The fourth-order valence-electron chi connectivity index (χ4n) is 1.18. The number of hydrogen-bond acceptors (Lipinski definition) is 4. The minimum Gasteiger partial charge on any atom is -0.258 e. The van der Waals surface area contributed by atoms with E-state index in [1.165, 1.54) is 18.2 Å². The Balaban J connectivity index is 3.21. The Morgan fingerprint density at radius 3 is 2.67 bits per heavy atom. The van der Waals surface area contributed by atoms with Gasteiger partial charge in [0, 0.05) is 12.1 Å². The topological polar surface area (TPSA) is 72.6 Å². The van der Waals surface area contributed by atoms with Gasteiger partial charge >= 0.3 is 0 Å². The molecule has 0 N–H and O–H groups in total. The Hall–Kier alpha value is -2.00. The van der Waals surface area contributed by atoms with Gasteiger partial charge in [0.1, 0.15) is 0 Å². The normalized spacial score (nSPS) is 10.5. The van der Waals surface area contributed by atoms with E-state index in [4.69, 9.17) is 0 Å². The summed E-state index contributed by atoms with van der Waals surface area (Å²) in [5, 5.41) is 10.5. The van der Waals surface area contributed by atoms with E-state index >= 15 is 0 Å². The molecule has 0 aliphatic heterocycles. The van der Waals surface area contributed by atoms with Gasteiger partial charge in [-0.15, -0.1) is 0 Å². The Morgan fingerprint density at radius 2 is 2.13 bits per heavy atom. The predicted molar refractivity (Wildman–Crippen MR) is 54.2 cm³/mol. The smallest absolute Gasteiger partial charge is 0.258 e. The molecule has 0 atom stereocenters. The van der Waals surface area contributed by atoms with E-state index in [9.17, 15) is 14.9 Å². The average molecular weight is 206 g/mol. The predicted octanol–water partition coefficient (Wildman–Crippen LogP) is 2.17. The van der Waals surface area contributed by atoms with Crippen LogP contribution in [-0.4, -0.2) is 11.0 Å². The van der Waals surface area contributed by atoms with E-state index in [1.807, 2.05) is 0 Å². The van der Waals surface area contributed by atoms with Crippen molar-refractivity contribution in [2.24, 2.45) is 4.99 Å². The third kappa shape index (κ3) is 2.48. The van der Waals surface area contributed by atoms with Gasteiger partial charge in [-0.2, -0.15) is 4.99 Å². The molecule has 0 bridgehead atoms. The van der Waals surface area contributed by atoms with Gasteiger partial charge < -0.3 is 0 Å². The molecule has 0 unspecified atom stereocenters. The molecule has 0 fully saturated rings. The first-order chi connectivity index (χ1) is 6.97. The summed E-state index contributed by atoms with van der Waals surface area (Å²) in [7, 11) is 0. The molecule has 0 spiro atoms. The molecule has 15 heavy (non-hydrogen) atoms. The first kappa shape index (κ1) is 11.1. The molecule has 0 amide bonds. The second-order valence-electron chi connectivity index (χ2n) is 3.57. The summed E-state index contributed by atoms with van der Waals surface area (Å²) in [5.41, 5.74) is -0.185. The number of non-ortho nitro benzene ring substituents is 1. The third-order valence-corrected chi connectivity index (χ3v) is 2.09. The zero-order valence-corrected chi connectivity index (χ0v) is 8.43.